The van der Waals surface area contributed by atoms with Crippen LogP contribution < -0.4 is 5.32 Å². The van der Waals surface area contributed by atoms with Crippen LogP contribution >= 0.6 is 0 Å². The number of non-ortho nitro benzene ring substituents is 1. The highest BCUT2D eigenvalue weighted by Crippen LogP contribution is 2.45. The highest BCUT2D eigenvalue weighted by molar-refractivity contribution is 7.86. The molecule has 40 heavy (non-hydrogen) atoms. The number of amides is 2. The summed E-state index contributed by atoms with van der Waals surface area (Å²) >= 11 is 0. The normalized spacial score (nSPS) is 23.2. The van der Waals surface area contributed by atoms with E-state index in [0.29, 0.717) is 16.7 Å². The molecule has 0 spiro atoms. The van der Waals surface area contributed by atoms with Gasteiger partial charge in [-0.15, -0.1) is 0 Å². The lowest BCUT2D eigenvalue weighted by molar-refractivity contribution is -0.384. The van der Waals surface area contributed by atoms with Crippen molar-refractivity contribution in [3.05, 3.63) is 111 Å². The number of nitrogens with zero attached hydrogens (tertiary/aromatic N) is 2. The zero-order chi connectivity index (χ0) is 28.4. The fourth-order valence-corrected chi connectivity index (χ4v) is 7.04. The van der Waals surface area contributed by atoms with Crippen LogP contribution in [0.25, 0.3) is 0 Å². The third-order valence-corrected chi connectivity index (χ3v) is 8.95. The Morgan fingerprint density at radius 1 is 0.975 bits per heavy atom. The first-order chi connectivity index (χ1) is 19.3. The van der Waals surface area contributed by atoms with Gasteiger partial charge in [-0.05, 0) is 34.4 Å². The predicted molar refractivity (Wildman–Crippen MR) is 143 cm³/mol. The molecule has 0 saturated carbocycles. The number of aliphatic hydroxyl groups is 1. The third-order valence-electron chi connectivity index (χ3n) is 6.94. The number of hydrogen-bond acceptors (Lipinski definition) is 8. The van der Waals surface area contributed by atoms with Gasteiger partial charge in [0.25, 0.3) is 5.69 Å². The average molecular weight is 564 g/mol. The molecule has 5 rings (SSSR count). The Hall–Kier alpha value is -4.42. The van der Waals surface area contributed by atoms with Crippen LogP contribution in [0.3, 0.4) is 0 Å². The van der Waals surface area contributed by atoms with E-state index in [9.17, 15) is 33.8 Å². The van der Waals surface area contributed by atoms with Crippen molar-refractivity contribution in [2.24, 2.45) is 0 Å². The number of β-lactam (4-membered cyclic amide) rings is 1. The minimum atomic E-state index is -1.78. The van der Waals surface area contributed by atoms with Crippen LogP contribution in [-0.2, 0) is 49.6 Å². The second kappa shape index (κ2) is 11.4. The van der Waals surface area contributed by atoms with Gasteiger partial charge in [0.15, 0.2) is 0 Å². The number of carbonyl (C=O) groups excluding carboxylic acids is 3. The number of benzene rings is 3. The minimum Gasteiger partial charge on any atom is -0.459 e. The molecular weight excluding hydrogens is 538 g/mol. The van der Waals surface area contributed by atoms with Crippen molar-refractivity contribution in [1.82, 2.24) is 10.2 Å². The van der Waals surface area contributed by atoms with E-state index in [4.69, 9.17) is 4.74 Å². The van der Waals surface area contributed by atoms with Crippen LogP contribution in [0, 0.1) is 10.1 Å². The Morgan fingerprint density at radius 2 is 1.62 bits per heavy atom. The number of fused-ring (bicyclic) bond motifs is 1. The van der Waals surface area contributed by atoms with Crippen molar-refractivity contribution in [2.75, 3.05) is 0 Å². The van der Waals surface area contributed by atoms with Crippen LogP contribution in [0.5, 0.6) is 0 Å². The fraction of sp³-hybridized carbons (Fsp3) is 0.250. The molecule has 2 fully saturated rings. The summed E-state index contributed by atoms with van der Waals surface area (Å²) in [6.45, 7) is -0.405. The molecular formula is C28H25N3O8S. The molecule has 0 aliphatic carbocycles. The fourth-order valence-electron chi connectivity index (χ4n) is 4.91. The van der Waals surface area contributed by atoms with Gasteiger partial charge in [-0.2, -0.15) is 0 Å². The predicted octanol–water partition coefficient (Wildman–Crippen LogP) is 1.90. The molecule has 5 atom stereocenters. The van der Waals surface area contributed by atoms with Gasteiger partial charge in [0.2, 0.25) is 11.8 Å². The van der Waals surface area contributed by atoms with Crippen molar-refractivity contribution in [1.29, 1.82) is 0 Å². The van der Waals surface area contributed by atoms with Crippen LogP contribution in [0.2, 0.25) is 0 Å². The minimum absolute atomic E-state index is 0.0384. The summed E-state index contributed by atoms with van der Waals surface area (Å²) in [6.07, 6.45) is 0.0384. The van der Waals surface area contributed by atoms with Crippen molar-refractivity contribution in [2.45, 2.75) is 42.3 Å². The Morgan fingerprint density at radius 3 is 2.25 bits per heavy atom. The van der Waals surface area contributed by atoms with Crippen molar-refractivity contribution in [3.8, 4) is 0 Å². The molecule has 2 N–H and O–H groups in total. The molecule has 206 valence electrons. The topological polar surface area (TPSA) is 156 Å². The smallest absolute Gasteiger partial charge is 0.330 e. The molecule has 2 saturated heterocycles. The summed E-state index contributed by atoms with van der Waals surface area (Å²) < 4.78 is 19.2. The summed E-state index contributed by atoms with van der Waals surface area (Å²) in [5, 5.41) is 21.1. The Bertz CT molecular complexity index is 1460. The number of nitro benzene ring substituents is 1. The molecule has 0 aromatic heterocycles. The van der Waals surface area contributed by atoms with Crippen molar-refractivity contribution < 1.29 is 33.4 Å². The number of rotatable bonds is 9. The Balaban J connectivity index is 1.36. The highest BCUT2D eigenvalue weighted by Gasteiger charge is 2.65. The molecule has 0 bridgehead atoms. The van der Waals surface area contributed by atoms with Crippen molar-refractivity contribution >= 4 is 34.3 Å². The molecule has 2 heterocycles. The standard InChI is InChI=1S/C28H25N3O8S/c32-15-18-6-10-20(11-7-18)25-24(28(35)39-16-19-8-12-21(13-9-19)31(36)37)30-26(34)23(27(30)40(25)38)29-22(33)14-17-4-2-1-3-5-17/h1-13,23-25,27,32H,14-16H2,(H,29,33)/t23-,24-,25-,27-,40?/m1/s1. The Kier molecular flexibility index (Phi) is 7.71. The number of hydrogen-bond donors (Lipinski definition) is 2. The van der Waals surface area contributed by atoms with E-state index in [-0.39, 0.29) is 25.3 Å². The second-order valence-electron chi connectivity index (χ2n) is 9.47. The first-order valence-corrected chi connectivity index (χ1v) is 13.7. The largest absolute Gasteiger partial charge is 0.459 e. The van der Waals surface area contributed by atoms with Crippen LogP contribution in [-0.4, -0.2) is 54.4 Å². The molecule has 3 aromatic rings. The van der Waals surface area contributed by atoms with Gasteiger partial charge >= 0.3 is 5.97 Å². The van der Waals surface area contributed by atoms with Crippen LogP contribution in [0.4, 0.5) is 5.69 Å². The van der Waals surface area contributed by atoms with Gasteiger partial charge < -0.3 is 20.1 Å². The SMILES string of the molecule is O=C(Cc1ccccc1)N[C@@H]1C(=O)N2[C@@H]1S(=O)[C@H](c1ccc(CO)cc1)[C@@H]2C(=O)OCc1ccc([N+](=O)[O-])cc1. The first-order valence-electron chi connectivity index (χ1n) is 12.4. The number of carbonyl (C=O) groups is 3. The lowest BCUT2D eigenvalue weighted by atomic mass is 9.97. The average Bonchev–Trinajstić information content (AvgIpc) is 3.24. The van der Waals surface area contributed by atoms with Gasteiger partial charge in [0.05, 0.1) is 34.0 Å². The van der Waals surface area contributed by atoms with E-state index in [0.717, 1.165) is 5.56 Å². The molecule has 0 radical (unpaired) electrons. The summed E-state index contributed by atoms with van der Waals surface area (Å²) in [5.74, 6) is -1.73. The molecule has 3 aromatic carbocycles. The molecule has 11 nitrogen and oxygen atoms in total. The first kappa shape index (κ1) is 27.2. The number of aliphatic hydroxyl groups excluding tert-OH is 1. The zero-order valence-corrected chi connectivity index (χ0v) is 21.9. The maximum Gasteiger partial charge on any atom is 0.330 e. The number of esters is 1. The summed E-state index contributed by atoms with van der Waals surface area (Å²) in [5.41, 5.74) is 2.28. The maximum atomic E-state index is 13.8. The van der Waals surface area contributed by atoms with E-state index in [1.165, 1.54) is 29.2 Å². The highest BCUT2D eigenvalue weighted by atomic mass is 32.2. The van der Waals surface area contributed by atoms with Gasteiger partial charge in [-0.3, -0.25) is 23.9 Å². The molecule has 2 aliphatic rings. The second-order valence-corrected chi connectivity index (χ2v) is 11.1. The van der Waals surface area contributed by atoms with E-state index in [1.807, 2.05) is 6.07 Å². The summed E-state index contributed by atoms with van der Waals surface area (Å²) in [6, 6.07) is 18.8. The summed E-state index contributed by atoms with van der Waals surface area (Å²) in [7, 11) is -1.78. The van der Waals surface area contributed by atoms with Crippen LogP contribution in [0.1, 0.15) is 27.5 Å². The molecule has 2 amide bonds. The third kappa shape index (κ3) is 5.23. The molecule has 2 aliphatic heterocycles. The number of ether oxygens (including phenoxy) is 1. The monoisotopic (exact) mass is 563 g/mol. The van der Waals surface area contributed by atoms with Gasteiger partial charge in [0, 0.05) is 12.1 Å². The lowest BCUT2D eigenvalue weighted by Crippen LogP contribution is -2.71. The van der Waals surface area contributed by atoms with Crippen molar-refractivity contribution in [3.63, 3.8) is 0 Å². The van der Waals surface area contributed by atoms with Gasteiger partial charge in [0.1, 0.15) is 24.1 Å². The zero-order valence-electron chi connectivity index (χ0n) is 21.0. The van der Waals surface area contributed by atoms with Gasteiger partial charge in [-0.1, -0.05) is 54.6 Å². The quantitative estimate of drug-likeness (QED) is 0.173. The molecule has 1 unspecified atom stereocenters. The van der Waals surface area contributed by atoms with E-state index >= 15 is 0 Å². The Labute approximate surface area is 231 Å². The van der Waals surface area contributed by atoms with Gasteiger partial charge in [-0.25, -0.2) is 4.79 Å². The van der Waals surface area contributed by atoms with E-state index in [1.54, 1.807) is 48.5 Å². The summed E-state index contributed by atoms with van der Waals surface area (Å²) in [4.78, 5) is 50.8. The maximum absolute atomic E-state index is 13.8. The van der Waals surface area contributed by atoms with E-state index in [2.05, 4.69) is 5.32 Å². The number of nitrogens with one attached hydrogen (secondary N) is 1. The molecule has 12 heteroatoms. The van der Waals surface area contributed by atoms with E-state index < -0.39 is 56.2 Å². The number of nitro groups is 1. The van der Waals surface area contributed by atoms with Crippen LogP contribution in [0.15, 0.2) is 78.9 Å². The lowest BCUT2D eigenvalue weighted by Gasteiger charge is -2.43.